The highest BCUT2D eigenvalue weighted by atomic mass is 16.3. The summed E-state index contributed by atoms with van der Waals surface area (Å²) < 4.78 is 2.03. The molecule has 2 bridgehead atoms. The molecule has 5 heteroatoms. The average molecular weight is 236 g/mol. The first kappa shape index (κ1) is 11.2. The van der Waals surface area contributed by atoms with E-state index in [-0.39, 0.29) is 6.04 Å². The highest BCUT2D eigenvalue weighted by Crippen LogP contribution is 2.26. The first-order valence-corrected chi connectivity index (χ1v) is 6.45. The van der Waals surface area contributed by atoms with E-state index in [0.717, 1.165) is 45.1 Å². The number of aliphatic hydroxyl groups excluding tert-OH is 1. The molecule has 1 N–H and O–H groups in total. The van der Waals surface area contributed by atoms with Gasteiger partial charge in [-0.15, -0.1) is 0 Å². The molecule has 0 spiro atoms. The van der Waals surface area contributed by atoms with Gasteiger partial charge in [0.05, 0.1) is 6.04 Å². The Labute approximate surface area is 102 Å². The number of rotatable bonds is 3. The second-order valence-electron chi connectivity index (χ2n) is 4.92. The Hall–Kier alpha value is -0.910. The van der Waals surface area contributed by atoms with E-state index in [2.05, 4.69) is 21.7 Å². The smallest absolute Gasteiger partial charge is 0.139 e. The molecule has 0 aliphatic carbocycles. The van der Waals surface area contributed by atoms with Crippen molar-refractivity contribution in [2.24, 2.45) is 0 Å². The van der Waals surface area contributed by atoms with E-state index in [0.29, 0.717) is 0 Å². The monoisotopic (exact) mass is 236 g/mol. The van der Waals surface area contributed by atoms with Crippen LogP contribution in [-0.2, 0) is 6.54 Å². The fraction of sp³-hybridized carbons (Fsp3) is 0.750. The topological polar surface area (TPSA) is 44.5 Å². The summed E-state index contributed by atoms with van der Waals surface area (Å²) in [6, 6.07) is 0.213. The van der Waals surface area contributed by atoms with Gasteiger partial charge in [0.15, 0.2) is 0 Å². The van der Waals surface area contributed by atoms with Crippen LogP contribution in [0.4, 0.5) is 0 Å². The molecular formula is C12H20N4O. The molecule has 3 saturated heterocycles. The van der Waals surface area contributed by atoms with Crippen LogP contribution in [0.3, 0.4) is 0 Å². The van der Waals surface area contributed by atoms with Crippen LogP contribution in [0.5, 0.6) is 0 Å². The quantitative estimate of drug-likeness (QED) is 0.798. The number of piperazine rings is 3. The first-order valence-electron chi connectivity index (χ1n) is 6.45. The lowest BCUT2D eigenvalue weighted by Gasteiger charge is -2.48. The molecular weight excluding hydrogens is 216 g/mol. The summed E-state index contributed by atoms with van der Waals surface area (Å²) in [5.74, 6) is 0.811. The molecule has 5 nitrogen and oxygen atoms in total. The van der Waals surface area contributed by atoms with Crippen molar-refractivity contribution in [1.82, 2.24) is 19.4 Å². The molecule has 0 saturated carbocycles. The van der Waals surface area contributed by atoms with Crippen molar-refractivity contribution in [1.29, 1.82) is 0 Å². The van der Waals surface area contributed by atoms with Crippen LogP contribution in [0, 0.1) is 0 Å². The van der Waals surface area contributed by atoms with Crippen molar-refractivity contribution in [3.8, 4) is 0 Å². The number of aromatic nitrogens is 2. The van der Waals surface area contributed by atoms with Crippen LogP contribution in [0.15, 0.2) is 12.4 Å². The third-order valence-electron chi connectivity index (χ3n) is 4.04. The Kier molecular flexibility index (Phi) is 2.90. The number of hydrogen-bond donors (Lipinski definition) is 1. The summed E-state index contributed by atoms with van der Waals surface area (Å²) in [4.78, 5) is 9.15. The highest BCUT2D eigenvalue weighted by Gasteiger charge is 2.37. The Morgan fingerprint density at radius 1 is 1.41 bits per heavy atom. The van der Waals surface area contributed by atoms with Crippen molar-refractivity contribution in [3.05, 3.63) is 18.2 Å². The lowest BCUT2D eigenvalue weighted by molar-refractivity contribution is -0.0506. The molecule has 1 aromatic heterocycles. The zero-order valence-electron chi connectivity index (χ0n) is 10.3. The second-order valence-corrected chi connectivity index (χ2v) is 4.92. The molecule has 3 aliphatic rings. The van der Waals surface area contributed by atoms with Crippen LogP contribution in [0.2, 0.25) is 0 Å². The standard InChI is InChI=1S/C12H20N4O/c1-2-15-4-3-13-12(15)11(17)10-9-14-5-7-16(10)8-6-14/h3-4,10-11,17H,2,5-9H2,1H3. The van der Waals surface area contributed by atoms with Crippen molar-refractivity contribution < 1.29 is 5.11 Å². The molecule has 4 rings (SSSR count). The van der Waals surface area contributed by atoms with Gasteiger partial charge in [-0.05, 0) is 6.92 Å². The van der Waals surface area contributed by atoms with Gasteiger partial charge in [0.1, 0.15) is 11.9 Å². The van der Waals surface area contributed by atoms with E-state index in [4.69, 9.17) is 0 Å². The fourth-order valence-corrected chi connectivity index (χ4v) is 2.98. The van der Waals surface area contributed by atoms with Gasteiger partial charge >= 0.3 is 0 Å². The van der Waals surface area contributed by atoms with Gasteiger partial charge in [0, 0.05) is 51.7 Å². The SMILES string of the molecule is CCn1ccnc1C(O)C1CN2CCN1CC2. The van der Waals surface area contributed by atoms with E-state index in [1.165, 1.54) is 0 Å². The molecule has 94 valence electrons. The van der Waals surface area contributed by atoms with Crippen molar-refractivity contribution >= 4 is 0 Å². The summed E-state index contributed by atoms with van der Waals surface area (Å²) in [7, 11) is 0. The molecule has 0 aromatic carbocycles. The van der Waals surface area contributed by atoms with Gasteiger partial charge in [-0.3, -0.25) is 9.80 Å². The normalized spacial score (nSPS) is 33.9. The molecule has 2 unspecified atom stereocenters. The van der Waals surface area contributed by atoms with Gasteiger partial charge in [-0.25, -0.2) is 4.98 Å². The van der Waals surface area contributed by atoms with Gasteiger partial charge < -0.3 is 9.67 Å². The van der Waals surface area contributed by atoms with Crippen LogP contribution >= 0.6 is 0 Å². The first-order chi connectivity index (χ1) is 8.29. The largest absolute Gasteiger partial charge is 0.383 e. The second kappa shape index (κ2) is 4.40. The van der Waals surface area contributed by atoms with Crippen LogP contribution in [0.1, 0.15) is 18.9 Å². The zero-order valence-corrected chi connectivity index (χ0v) is 10.3. The summed E-state index contributed by atoms with van der Waals surface area (Å²) >= 11 is 0. The van der Waals surface area contributed by atoms with E-state index in [1.807, 2.05) is 10.8 Å². The number of nitrogens with zero attached hydrogens (tertiary/aromatic N) is 4. The van der Waals surface area contributed by atoms with E-state index in [9.17, 15) is 5.11 Å². The van der Waals surface area contributed by atoms with Crippen LogP contribution in [-0.4, -0.2) is 63.2 Å². The Bertz CT molecular complexity index is 384. The number of imidazole rings is 1. The lowest BCUT2D eigenvalue weighted by Crippen LogP contribution is -2.62. The number of aryl methyl sites for hydroxylation is 1. The Morgan fingerprint density at radius 3 is 2.76 bits per heavy atom. The molecule has 0 radical (unpaired) electrons. The third kappa shape index (κ3) is 1.88. The minimum absolute atomic E-state index is 0.213. The number of aliphatic hydroxyl groups is 1. The Morgan fingerprint density at radius 2 is 2.18 bits per heavy atom. The molecule has 3 aliphatic heterocycles. The predicted molar refractivity (Wildman–Crippen MR) is 64.7 cm³/mol. The molecule has 2 atom stereocenters. The van der Waals surface area contributed by atoms with Crippen molar-refractivity contribution in [2.75, 3.05) is 32.7 Å². The minimum atomic E-state index is -0.465. The summed E-state index contributed by atoms with van der Waals surface area (Å²) in [5, 5.41) is 10.5. The average Bonchev–Trinajstić information content (AvgIpc) is 2.87. The van der Waals surface area contributed by atoms with Gasteiger partial charge in [0.2, 0.25) is 0 Å². The van der Waals surface area contributed by atoms with Crippen LogP contribution < -0.4 is 0 Å². The summed E-state index contributed by atoms with van der Waals surface area (Å²) in [5.41, 5.74) is 0. The molecule has 0 amide bonds. The van der Waals surface area contributed by atoms with Gasteiger partial charge in [0.25, 0.3) is 0 Å². The highest BCUT2D eigenvalue weighted by molar-refractivity contribution is 5.04. The van der Waals surface area contributed by atoms with E-state index in [1.54, 1.807) is 6.20 Å². The molecule has 3 fully saturated rings. The van der Waals surface area contributed by atoms with Crippen molar-refractivity contribution in [2.45, 2.75) is 25.6 Å². The van der Waals surface area contributed by atoms with E-state index >= 15 is 0 Å². The maximum atomic E-state index is 10.5. The molecule has 4 heterocycles. The third-order valence-corrected chi connectivity index (χ3v) is 4.04. The van der Waals surface area contributed by atoms with E-state index < -0.39 is 6.10 Å². The van der Waals surface area contributed by atoms with Crippen molar-refractivity contribution in [3.63, 3.8) is 0 Å². The zero-order chi connectivity index (χ0) is 11.8. The summed E-state index contributed by atoms with van der Waals surface area (Å²) in [6.45, 7) is 8.36. The van der Waals surface area contributed by atoms with Crippen LogP contribution in [0.25, 0.3) is 0 Å². The Balaban J connectivity index is 1.80. The van der Waals surface area contributed by atoms with Gasteiger partial charge in [-0.2, -0.15) is 0 Å². The predicted octanol–water partition coefficient (Wildman–Crippen LogP) is -0.0638. The minimum Gasteiger partial charge on any atom is -0.383 e. The maximum absolute atomic E-state index is 10.5. The fourth-order valence-electron chi connectivity index (χ4n) is 2.98. The molecule has 17 heavy (non-hydrogen) atoms. The summed E-state index contributed by atoms with van der Waals surface area (Å²) in [6.07, 6.45) is 3.25. The maximum Gasteiger partial charge on any atom is 0.139 e. The van der Waals surface area contributed by atoms with Gasteiger partial charge in [-0.1, -0.05) is 0 Å². The number of hydrogen-bond acceptors (Lipinski definition) is 4. The number of fused-ring (bicyclic) bond motifs is 3. The molecule has 1 aromatic rings. The lowest BCUT2D eigenvalue weighted by atomic mass is 10.0.